The van der Waals surface area contributed by atoms with E-state index in [9.17, 15) is 14.4 Å². The van der Waals surface area contributed by atoms with Crippen LogP contribution in [0.1, 0.15) is 20.8 Å². The third kappa shape index (κ3) is 12.6. The molecular weight excluding hydrogens is 420 g/mol. The summed E-state index contributed by atoms with van der Waals surface area (Å²) in [6.45, 7) is 3.81. The minimum absolute atomic E-state index is 0.125. The van der Waals surface area contributed by atoms with Gasteiger partial charge < -0.3 is 34.7 Å². The Morgan fingerprint density at radius 3 is 1.25 bits per heavy atom. The minimum atomic E-state index is -0.562. The molecule has 0 aliphatic heterocycles. The summed E-state index contributed by atoms with van der Waals surface area (Å²) >= 11 is 0. The van der Waals surface area contributed by atoms with Gasteiger partial charge in [-0.3, -0.25) is 14.4 Å². The summed E-state index contributed by atoms with van der Waals surface area (Å²) < 4.78 is 24.0. The Bertz CT molecular complexity index is 843. The first kappa shape index (κ1) is 28.1. The second-order valence-electron chi connectivity index (χ2n) is 6.01. The maximum atomic E-state index is 10.8. The minimum Gasteiger partial charge on any atom is -0.497 e. The van der Waals surface area contributed by atoms with Crippen molar-refractivity contribution in [2.24, 2.45) is 0 Å². The number of anilines is 2. The summed E-state index contributed by atoms with van der Waals surface area (Å²) in [6, 6.07) is 10.4. The molecule has 10 nitrogen and oxygen atoms in total. The Hall–Kier alpha value is -3.95. The van der Waals surface area contributed by atoms with Crippen LogP contribution in [0.2, 0.25) is 0 Å². The average Bonchev–Trinajstić information content (AvgIpc) is 2.72. The molecule has 32 heavy (non-hydrogen) atoms. The van der Waals surface area contributed by atoms with E-state index < -0.39 is 11.9 Å². The van der Waals surface area contributed by atoms with Crippen LogP contribution >= 0.6 is 0 Å². The Morgan fingerprint density at radius 2 is 1.00 bits per heavy atom. The fourth-order valence-corrected chi connectivity index (χ4v) is 2.11. The lowest BCUT2D eigenvalue weighted by molar-refractivity contribution is -0.156. The van der Waals surface area contributed by atoms with Crippen LogP contribution in [0.15, 0.2) is 36.4 Å². The number of rotatable bonds is 5. The molecule has 0 bridgehead atoms. The predicted molar refractivity (Wildman–Crippen MR) is 120 cm³/mol. The lowest BCUT2D eigenvalue weighted by Gasteiger charge is -2.08. The van der Waals surface area contributed by atoms with E-state index >= 15 is 0 Å². The van der Waals surface area contributed by atoms with E-state index in [4.69, 9.17) is 24.7 Å². The normalized spacial score (nSPS) is 8.97. The standard InChI is InChI=1S/C10H13NO3.C8H11NO2.C4H6O3/c1-7(12)11-8-4-9(13-2)6-10(5-8)14-3;1-10-7-3-6(9)4-8(5-7)11-2;1-3(5)7-4(2)6/h4-6H,1-3H3,(H,11,12);3-5H,9H2,1-2H3;1-2H3. The number of hydrogen-bond acceptors (Lipinski definition) is 9. The van der Waals surface area contributed by atoms with Gasteiger partial charge in [-0.15, -0.1) is 0 Å². The van der Waals surface area contributed by atoms with Crippen molar-refractivity contribution in [3.63, 3.8) is 0 Å². The monoisotopic (exact) mass is 450 g/mol. The van der Waals surface area contributed by atoms with Crippen molar-refractivity contribution >= 4 is 29.2 Å². The van der Waals surface area contributed by atoms with Crippen LogP contribution in [0, 0.1) is 0 Å². The molecule has 0 aliphatic rings. The third-order valence-electron chi connectivity index (χ3n) is 3.33. The molecule has 0 atom stereocenters. The SMILES string of the molecule is CC(=O)OC(C)=O.COc1cc(N)cc(OC)c1.COc1cc(NC(C)=O)cc(OC)c1. The number of ether oxygens (including phenoxy) is 5. The fraction of sp³-hybridized carbons (Fsp3) is 0.318. The van der Waals surface area contributed by atoms with Gasteiger partial charge in [-0.2, -0.15) is 0 Å². The summed E-state index contributed by atoms with van der Waals surface area (Å²) in [5.74, 6) is 1.46. The van der Waals surface area contributed by atoms with Crippen molar-refractivity contribution in [3.8, 4) is 23.0 Å². The number of nitrogen functional groups attached to an aromatic ring is 1. The summed E-state index contributed by atoms with van der Waals surface area (Å²) in [6.07, 6.45) is 0. The maximum absolute atomic E-state index is 10.8. The number of esters is 2. The molecule has 2 aromatic carbocycles. The van der Waals surface area contributed by atoms with Crippen molar-refractivity contribution in [2.75, 3.05) is 39.5 Å². The molecule has 10 heteroatoms. The molecule has 0 unspecified atom stereocenters. The third-order valence-corrected chi connectivity index (χ3v) is 3.33. The van der Waals surface area contributed by atoms with Gasteiger partial charge in [0.1, 0.15) is 23.0 Å². The molecule has 0 saturated heterocycles. The molecule has 2 aromatic rings. The largest absolute Gasteiger partial charge is 0.497 e. The summed E-state index contributed by atoms with van der Waals surface area (Å²) in [7, 11) is 6.31. The Kier molecular flexibility index (Phi) is 13.1. The van der Waals surface area contributed by atoms with Crippen LogP contribution < -0.4 is 30.0 Å². The highest BCUT2D eigenvalue weighted by Crippen LogP contribution is 2.25. The lowest BCUT2D eigenvalue weighted by Crippen LogP contribution is -2.05. The van der Waals surface area contributed by atoms with E-state index in [0.29, 0.717) is 34.4 Å². The van der Waals surface area contributed by atoms with Crippen LogP contribution in [-0.2, 0) is 19.1 Å². The number of benzene rings is 2. The number of carbonyl (C=O) groups excluding carboxylic acids is 3. The van der Waals surface area contributed by atoms with Gasteiger partial charge in [0.05, 0.1) is 28.4 Å². The summed E-state index contributed by atoms with van der Waals surface area (Å²) in [4.78, 5) is 30.4. The zero-order valence-electron chi connectivity index (χ0n) is 19.3. The quantitative estimate of drug-likeness (QED) is 0.400. The van der Waals surface area contributed by atoms with Gasteiger partial charge in [-0.1, -0.05) is 0 Å². The van der Waals surface area contributed by atoms with Crippen molar-refractivity contribution in [1.29, 1.82) is 0 Å². The molecule has 2 rings (SSSR count). The van der Waals surface area contributed by atoms with E-state index in [0.717, 1.165) is 0 Å². The molecule has 176 valence electrons. The van der Waals surface area contributed by atoms with Crippen molar-refractivity contribution in [3.05, 3.63) is 36.4 Å². The van der Waals surface area contributed by atoms with E-state index in [1.807, 2.05) is 0 Å². The van der Waals surface area contributed by atoms with Gasteiger partial charge >= 0.3 is 11.9 Å². The number of amides is 1. The molecule has 1 amide bonds. The zero-order chi connectivity index (χ0) is 24.7. The Morgan fingerprint density at radius 1 is 0.656 bits per heavy atom. The van der Waals surface area contributed by atoms with Crippen LogP contribution in [0.25, 0.3) is 0 Å². The predicted octanol–water partition coefficient (Wildman–Crippen LogP) is 3.04. The van der Waals surface area contributed by atoms with Gasteiger partial charge in [0.25, 0.3) is 0 Å². The summed E-state index contributed by atoms with van der Waals surface area (Å²) in [5.41, 5.74) is 6.85. The molecule has 0 spiro atoms. The topological polar surface area (TPSA) is 135 Å². The number of carbonyl (C=O) groups is 3. The molecule has 0 radical (unpaired) electrons. The van der Waals surface area contributed by atoms with Gasteiger partial charge in [0.15, 0.2) is 0 Å². The van der Waals surface area contributed by atoms with E-state index in [1.165, 1.54) is 20.8 Å². The smallest absolute Gasteiger partial charge is 0.310 e. The maximum Gasteiger partial charge on any atom is 0.310 e. The molecule has 3 N–H and O–H groups in total. The van der Waals surface area contributed by atoms with Gasteiger partial charge in [-0.25, -0.2) is 0 Å². The van der Waals surface area contributed by atoms with Crippen LogP contribution in [-0.4, -0.2) is 46.3 Å². The van der Waals surface area contributed by atoms with Gasteiger partial charge in [0.2, 0.25) is 5.91 Å². The highest BCUT2D eigenvalue weighted by atomic mass is 16.6. The van der Waals surface area contributed by atoms with E-state index in [2.05, 4.69) is 10.1 Å². The van der Waals surface area contributed by atoms with Crippen LogP contribution in [0.4, 0.5) is 11.4 Å². The van der Waals surface area contributed by atoms with E-state index in [-0.39, 0.29) is 5.91 Å². The number of nitrogens with two attached hydrogens (primary N) is 1. The number of nitrogens with one attached hydrogen (secondary N) is 1. The Balaban J connectivity index is 0.000000478. The van der Waals surface area contributed by atoms with Gasteiger partial charge in [-0.05, 0) is 0 Å². The molecule has 0 aliphatic carbocycles. The zero-order valence-corrected chi connectivity index (χ0v) is 19.3. The number of methoxy groups -OCH3 is 4. The molecule has 0 aromatic heterocycles. The van der Waals surface area contributed by atoms with Crippen LogP contribution in [0.5, 0.6) is 23.0 Å². The highest BCUT2D eigenvalue weighted by molar-refractivity contribution is 5.89. The molecule has 0 heterocycles. The molecular formula is C22H30N2O8. The first-order chi connectivity index (χ1) is 15.0. The molecule has 0 saturated carbocycles. The van der Waals surface area contributed by atoms with Crippen molar-refractivity contribution in [2.45, 2.75) is 20.8 Å². The average molecular weight is 450 g/mol. The number of hydrogen-bond donors (Lipinski definition) is 2. The fourth-order valence-electron chi connectivity index (χ4n) is 2.11. The second-order valence-corrected chi connectivity index (χ2v) is 6.01. The first-order valence-electron chi connectivity index (χ1n) is 9.22. The van der Waals surface area contributed by atoms with Gasteiger partial charge in [0, 0.05) is 68.5 Å². The van der Waals surface area contributed by atoms with E-state index in [1.54, 1.807) is 64.8 Å². The van der Waals surface area contributed by atoms with Crippen LogP contribution in [0.3, 0.4) is 0 Å². The first-order valence-corrected chi connectivity index (χ1v) is 9.22. The van der Waals surface area contributed by atoms with Crippen molar-refractivity contribution < 1.29 is 38.1 Å². The Labute approximate surface area is 187 Å². The molecule has 0 fully saturated rings. The lowest BCUT2D eigenvalue weighted by atomic mass is 10.2. The second kappa shape index (κ2) is 14.9. The highest BCUT2D eigenvalue weighted by Gasteiger charge is 2.02. The van der Waals surface area contributed by atoms with Crippen molar-refractivity contribution in [1.82, 2.24) is 0 Å². The summed E-state index contributed by atoms with van der Waals surface area (Å²) in [5, 5.41) is 2.66.